The Bertz CT molecular complexity index is 502. The van der Waals surface area contributed by atoms with Crippen LogP contribution in [-0.4, -0.2) is 17.0 Å². The molecule has 1 aromatic rings. The van der Waals surface area contributed by atoms with Crippen molar-refractivity contribution < 1.29 is 10.0 Å². The topological polar surface area (TPSA) is 87.7 Å². The number of hydrogen-bond acceptors (Lipinski definition) is 3. The highest BCUT2D eigenvalue weighted by Gasteiger charge is 2.54. The number of hydrogen-bond donors (Lipinski definition) is 3. The van der Waals surface area contributed by atoms with Crippen molar-refractivity contribution in [1.82, 2.24) is 0 Å². The minimum Gasteiger partial charge on any atom is -0.409 e. The first-order valence-corrected chi connectivity index (χ1v) is 6.39. The summed E-state index contributed by atoms with van der Waals surface area (Å²) in [6.45, 7) is 4.23. The van der Waals surface area contributed by atoms with Gasteiger partial charge in [-0.15, -0.1) is 0 Å². The van der Waals surface area contributed by atoms with Gasteiger partial charge in [-0.25, -0.2) is 0 Å². The lowest BCUT2D eigenvalue weighted by Crippen LogP contribution is -2.36. The number of oxime groups is 1. The van der Waals surface area contributed by atoms with E-state index in [1.807, 2.05) is 24.3 Å². The molecule has 0 spiro atoms. The molecule has 102 valence electrons. The van der Waals surface area contributed by atoms with Crippen LogP contribution in [0.5, 0.6) is 0 Å². The molecular formula is C14H19N3O2. The van der Waals surface area contributed by atoms with E-state index in [1.54, 1.807) is 0 Å². The normalized spacial score (nSPS) is 17.3. The van der Waals surface area contributed by atoms with Crippen molar-refractivity contribution >= 4 is 17.4 Å². The molecule has 4 N–H and O–H groups in total. The molecule has 1 amide bonds. The number of rotatable bonds is 4. The SMILES string of the molecule is CC(C)c1ccc(NC(=O)C2(/C(N)=N/O)CC2)cc1. The number of amidine groups is 1. The molecule has 1 fully saturated rings. The Morgan fingerprint density at radius 1 is 1.37 bits per heavy atom. The van der Waals surface area contributed by atoms with Gasteiger partial charge in [-0.2, -0.15) is 0 Å². The molecule has 0 unspecified atom stereocenters. The fourth-order valence-electron chi connectivity index (χ4n) is 2.02. The van der Waals surface area contributed by atoms with Crippen molar-refractivity contribution in [1.29, 1.82) is 0 Å². The highest BCUT2D eigenvalue weighted by molar-refractivity contribution is 6.14. The largest absolute Gasteiger partial charge is 0.409 e. The summed E-state index contributed by atoms with van der Waals surface area (Å²) in [6.07, 6.45) is 1.25. The number of carbonyl (C=O) groups is 1. The molecule has 0 aliphatic heterocycles. The van der Waals surface area contributed by atoms with Gasteiger partial charge in [-0.3, -0.25) is 4.79 Å². The summed E-state index contributed by atoms with van der Waals surface area (Å²) in [5.74, 6) is 0.237. The Labute approximate surface area is 112 Å². The first kappa shape index (κ1) is 13.4. The van der Waals surface area contributed by atoms with Gasteiger partial charge in [0.25, 0.3) is 0 Å². The molecule has 0 heterocycles. The third kappa shape index (κ3) is 2.54. The molecule has 0 radical (unpaired) electrons. The quantitative estimate of drug-likeness (QED) is 0.336. The Kier molecular flexibility index (Phi) is 3.46. The van der Waals surface area contributed by atoms with Gasteiger partial charge < -0.3 is 16.3 Å². The van der Waals surface area contributed by atoms with Crippen molar-refractivity contribution in [2.75, 3.05) is 5.32 Å². The van der Waals surface area contributed by atoms with Crippen molar-refractivity contribution in [2.24, 2.45) is 16.3 Å². The summed E-state index contributed by atoms with van der Waals surface area (Å²) in [6, 6.07) is 7.72. The second-order valence-corrected chi connectivity index (χ2v) is 5.30. The highest BCUT2D eigenvalue weighted by atomic mass is 16.4. The van der Waals surface area contributed by atoms with Crippen molar-refractivity contribution in [2.45, 2.75) is 32.6 Å². The minimum absolute atomic E-state index is 0.0104. The zero-order valence-corrected chi connectivity index (χ0v) is 11.2. The maximum atomic E-state index is 12.1. The van der Waals surface area contributed by atoms with Crippen molar-refractivity contribution in [3.8, 4) is 0 Å². The molecule has 0 bridgehead atoms. The Morgan fingerprint density at radius 2 is 1.95 bits per heavy atom. The van der Waals surface area contributed by atoms with Crippen LogP contribution in [0.4, 0.5) is 5.69 Å². The van der Waals surface area contributed by atoms with Gasteiger partial charge in [0.2, 0.25) is 5.91 Å². The fraction of sp³-hybridized carbons (Fsp3) is 0.429. The Morgan fingerprint density at radius 3 is 2.37 bits per heavy atom. The van der Waals surface area contributed by atoms with Crippen LogP contribution in [0.1, 0.15) is 38.2 Å². The zero-order chi connectivity index (χ0) is 14.0. The van der Waals surface area contributed by atoms with Gasteiger partial charge in [0.1, 0.15) is 5.41 Å². The first-order valence-electron chi connectivity index (χ1n) is 6.39. The summed E-state index contributed by atoms with van der Waals surface area (Å²) in [5.41, 5.74) is 6.70. The van der Waals surface area contributed by atoms with Crippen LogP contribution in [0.2, 0.25) is 0 Å². The molecule has 0 aromatic heterocycles. The first-order chi connectivity index (χ1) is 8.99. The average molecular weight is 261 g/mol. The van der Waals surface area contributed by atoms with E-state index in [1.165, 1.54) is 5.56 Å². The van der Waals surface area contributed by atoms with Gasteiger partial charge in [-0.1, -0.05) is 31.1 Å². The third-order valence-corrected chi connectivity index (χ3v) is 3.62. The van der Waals surface area contributed by atoms with E-state index in [2.05, 4.69) is 24.3 Å². The highest BCUT2D eigenvalue weighted by Crippen LogP contribution is 2.46. The van der Waals surface area contributed by atoms with E-state index in [4.69, 9.17) is 10.9 Å². The van der Waals surface area contributed by atoms with Crippen LogP contribution in [0.25, 0.3) is 0 Å². The van der Waals surface area contributed by atoms with E-state index < -0.39 is 5.41 Å². The monoisotopic (exact) mass is 261 g/mol. The zero-order valence-electron chi connectivity index (χ0n) is 11.2. The van der Waals surface area contributed by atoms with Crippen LogP contribution < -0.4 is 11.1 Å². The van der Waals surface area contributed by atoms with Crippen molar-refractivity contribution in [3.05, 3.63) is 29.8 Å². The van der Waals surface area contributed by atoms with Gasteiger partial charge in [0, 0.05) is 5.69 Å². The number of carbonyl (C=O) groups excluding carboxylic acids is 1. The second kappa shape index (κ2) is 4.91. The third-order valence-electron chi connectivity index (χ3n) is 3.62. The lowest BCUT2D eigenvalue weighted by molar-refractivity contribution is -0.119. The number of amides is 1. The van der Waals surface area contributed by atoms with E-state index in [-0.39, 0.29) is 11.7 Å². The Hall–Kier alpha value is -2.04. The number of nitrogens with one attached hydrogen (secondary N) is 1. The van der Waals surface area contributed by atoms with Crippen LogP contribution in [-0.2, 0) is 4.79 Å². The van der Waals surface area contributed by atoms with E-state index in [9.17, 15) is 4.79 Å². The average Bonchev–Trinajstić information content (AvgIpc) is 3.20. The lowest BCUT2D eigenvalue weighted by atomic mass is 10.0. The Balaban J connectivity index is 2.08. The molecule has 1 saturated carbocycles. The van der Waals surface area contributed by atoms with E-state index in [0.29, 0.717) is 18.8 Å². The molecule has 1 aromatic carbocycles. The van der Waals surface area contributed by atoms with Gasteiger partial charge in [0.15, 0.2) is 5.84 Å². The molecular weight excluding hydrogens is 242 g/mol. The molecule has 19 heavy (non-hydrogen) atoms. The fourth-order valence-corrected chi connectivity index (χ4v) is 2.02. The summed E-state index contributed by atoms with van der Waals surface area (Å²) < 4.78 is 0. The van der Waals surface area contributed by atoms with Gasteiger partial charge >= 0.3 is 0 Å². The number of benzene rings is 1. The summed E-state index contributed by atoms with van der Waals surface area (Å²) in [7, 11) is 0. The number of nitrogens with zero attached hydrogens (tertiary/aromatic N) is 1. The molecule has 0 saturated heterocycles. The maximum absolute atomic E-state index is 12.1. The van der Waals surface area contributed by atoms with E-state index in [0.717, 1.165) is 5.69 Å². The summed E-state index contributed by atoms with van der Waals surface area (Å²) in [5, 5.41) is 14.5. The van der Waals surface area contributed by atoms with Crippen LogP contribution in [0.15, 0.2) is 29.4 Å². The molecule has 5 nitrogen and oxygen atoms in total. The molecule has 1 aliphatic rings. The molecule has 1 aliphatic carbocycles. The van der Waals surface area contributed by atoms with Gasteiger partial charge in [-0.05, 0) is 36.5 Å². The molecule has 5 heteroatoms. The standard InChI is InChI=1S/C14H19N3O2/c1-9(2)10-3-5-11(6-4-10)16-13(18)14(7-8-14)12(15)17-19/h3-6,9,19H,7-8H2,1-2H3,(H2,15,17)(H,16,18). The summed E-state index contributed by atoms with van der Waals surface area (Å²) >= 11 is 0. The van der Waals surface area contributed by atoms with E-state index >= 15 is 0 Å². The molecule has 0 atom stereocenters. The lowest BCUT2D eigenvalue weighted by Gasteiger charge is -2.14. The number of anilines is 1. The maximum Gasteiger partial charge on any atom is 0.238 e. The predicted octanol–water partition coefficient (Wildman–Crippen LogP) is 2.28. The predicted molar refractivity (Wildman–Crippen MR) is 74.2 cm³/mol. The second-order valence-electron chi connectivity index (χ2n) is 5.30. The van der Waals surface area contributed by atoms with Gasteiger partial charge in [0.05, 0.1) is 0 Å². The minimum atomic E-state index is -0.814. The molecule has 2 rings (SSSR count). The smallest absolute Gasteiger partial charge is 0.238 e. The summed E-state index contributed by atoms with van der Waals surface area (Å²) in [4.78, 5) is 12.1. The van der Waals surface area contributed by atoms with Crippen LogP contribution in [0.3, 0.4) is 0 Å². The van der Waals surface area contributed by atoms with Crippen molar-refractivity contribution in [3.63, 3.8) is 0 Å². The number of nitrogens with two attached hydrogens (primary N) is 1. The van der Waals surface area contributed by atoms with Crippen LogP contribution in [0, 0.1) is 5.41 Å². The van der Waals surface area contributed by atoms with Crippen LogP contribution >= 0.6 is 0 Å².